The maximum atomic E-state index is 5.09. The number of nitrogens with one attached hydrogen (secondary N) is 3. The molecule has 26 heavy (non-hydrogen) atoms. The lowest BCUT2D eigenvalue weighted by Gasteiger charge is -2.35. The number of nitrogens with zero attached hydrogens (tertiary/aromatic N) is 1. The fourth-order valence-electron chi connectivity index (χ4n) is 3.61. The van der Waals surface area contributed by atoms with Gasteiger partial charge >= 0.3 is 0 Å². The number of ether oxygens (including phenoxy) is 1. The summed E-state index contributed by atoms with van der Waals surface area (Å²) in [6, 6.07) is 11.0. The van der Waals surface area contributed by atoms with E-state index in [0.717, 1.165) is 32.1 Å². The quantitative estimate of drug-likeness (QED) is 0.222. The molecule has 0 heterocycles. The average molecular weight is 474 g/mol. The molecule has 3 N–H and O–H groups in total. The van der Waals surface area contributed by atoms with Gasteiger partial charge in [-0.15, -0.1) is 24.0 Å². The van der Waals surface area contributed by atoms with Crippen LogP contribution in [0.1, 0.15) is 50.6 Å². The molecule has 0 bridgehead atoms. The number of methoxy groups -OCH3 is 1. The van der Waals surface area contributed by atoms with E-state index in [2.05, 4.69) is 58.2 Å². The first-order valence-electron chi connectivity index (χ1n) is 9.45. The van der Waals surface area contributed by atoms with Gasteiger partial charge in [-0.3, -0.25) is 4.99 Å². The van der Waals surface area contributed by atoms with Crippen molar-refractivity contribution in [3.05, 3.63) is 35.9 Å². The zero-order valence-corrected chi connectivity index (χ0v) is 18.7. The Hall–Kier alpha value is -0.860. The Bertz CT molecular complexity index is 518. The second kappa shape index (κ2) is 12.5. The number of hydrogen-bond acceptors (Lipinski definition) is 3. The molecular formula is C20H35IN4O. The monoisotopic (exact) mass is 474 g/mol. The Morgan fingerprint density at radius 2 is 1.88 bits per heavy atom. The van der Waals surface area contributed by atoms with Crippen molar-refractivity contribution in [2.75, 3.05) is 33.9 Å². The van der Waals surface area contributed by atoms with Gasteiger partial charge in [0.25, 0.3) is 0 Å². The zero-order chi connectivity index (χ0) is 18.0. The number of hydrogen-bond donors (Lipinski definition) is 3. The smallest absolute Gasteiger partial charge is 0.191 e. The van der Waals surface area contributed by atoms with E-state index in [4.69, 9.17) is 4.74 Å². The van der Waals surface area contributed by atoms with Gasteiger partial charge < -0.3 is 20.7 Å². The highest BCUT2D eigenvalue weighted by atomic mass is 127. The molecule has 0 radical (unpaired) electrons. The van der Waals surface area contributed by atoms with E-state index in [1.54, 1.807) is 7.11 Å². The predicted molar refractivity (Wildman–Crippen MR) is 120 cm³/mol. The molecular weight excluding hydrogens is 439 g/mol. The first-order valence-corrected chi connectivity index (χ1v) is 9.45. The highest BCUT2D eigenvalue weighted by Gasteiger charge is 2.35. The Morgan fingerprint density at radius 3 is 2.50 bits per heavy atom. The molecule has 1 atom stereocenters. The van der Waals surface area contributed by atoms with Gasteiger partial charge in [0.1, 0.15) is 0 Å². The highest BCUT2D eigenvalue weighted by molar-refractivity contribution is 14.0. The molecule has 1 aromatic carbocycles. The van der Waals surface area contributed by atoms with Gasteiger partial charge in [-0.1, -0.05) is 43.2 Å². The van der Waals surface area contributed by atoms with Crippen molar-refractivity contribution in [2.24, 2.45) is 4.99 Å². The van der Waals surface area contributed by atoms with Crippen molar-refractivity contribution in [1.82, 2.24) is 16.0 Å². The molecule has 5 nitrogen and oxygen atoms in total. The second-order valence-electron chi connectivity index (χ2n) is 6.96. The summed E-state index contributed by atoms with van der Waals surface area (Å²) in [5.74, 6) is 0.872. The predicted octanol–water partition coefficient (Wildman–Crippen LogP) is 3.47. The van der Waals surface area contributed by atoms with Gasteiger partial charge in [0, 0.05) is 45.4 Å². The minimum absolute atomic E-state index is 0. The molecule has 1 unspecified atom stereocenters. The van der Waals surface area contributed by atoms with Crippen LogP contribution in [0.2, 0.25) is 0 Å². The molecule has 0 aromatic heterocycles. The fourth-order valence-corrected chi connectivity index (χ4v) is 3.61. The molecule has 1 aromatic rings. The standard InChI is InChI=1S/C20H34N4O.HI/c1-17(18-10-5-4-6-11-18)24-20(12-7-8-13-20)16-23-19(21-2)22-14-9-15-25-3;/h4-6,10-11,17,24H,7-9,12-16H2,1-3H3,(H2,21,22,23);1H. The van der Waals surface area contributed by atoms with Gasteiger partial charge in [0.2, 0.25) is 0 Å². The minimum atomic E-state index is 0. The van der Waals surface area contributed by atoms with Gasteiger partial charge in [-0.05, 0) is 31.7 Å². The molecule has 0 spiro atoms. The molecule has 2 rings (SSSR count). The van der Waals surface area contributed by atoms with E-state index in [-0.39, 0.29) is 29.5 Å². The third kappa shape index (κ3) is 7.40. The Kier molecular flexibility index (Phi) is 11.2. The summed E-state index contributed by atoms with van der Waals surface area (Å²) in [5, 5.41) is 10.8. The number of guanidine groups is 1. The lowest BCUT2D eigenvalue weighted by molar-refractivity contribution is 0.195. The number of rotatable bonds is 9. The van der Waals surface area contributed by atoms with Gasteiger partial charge in [0.05, 0.1) is 0 Å². The second-order valence-corrected chi connectivity index (χ2v) is 6.96. The van der Waals surface area contributed by atoms with Crippen LogP contribution in [-0.2, 0) is 4.74 Å². The van der Waals surface area contributed by atoms with Crippen LogP contribution in [0.4, 0.5) is 0 Å². The van der Waals surface area contributed by atoms with Crippen LogP contribution in [0.3, 0.4) is 0 Å². The van der Waals surface area contributed by atoms with E-state index in [9.17, 15) is 0 Å². The molecule has 6 heteroatoms. The van der Waals surface area contributed by atoms with E-state index >= 15 is 0 Å². The van der Waals surface area contributed by atoms with Crippen LogP contribution in [0.25, 0.3) is 0 Å². The van der Waals surface area contributed by atoms with Gasteiger partial charge in [-0.2, -0.15) is 0 Å². The molecule has 1 saturated carbocycles. The molecule has 0 saturated heterocycles. The van der Waals surface area contributed by atoms with Crippen molar-refractivity contribution in [2.45, 2.75) is 50.6 Å². The maximum Gasteiger partial charge on any atom is 0.191 e. The molecule has 1 aliphatic rings. The molecule has 1 aliphatic carbocycles. The summed E-state index contributed by atoms with van der Waals surface area (Å²) in [6.45, 7) is 4.79. The zero-order valence-electron chi connectivity index (χ0n) is 16.4. The normalized spacial score (nSPS) is 17.4. The van der Waals surface area contributed by atoms with Crippen molar-refractivity contribution in [3.63, 3.8) is 0 Å². The van der Waals surface area contributed by atoms with Crippen molar-refractivity contribution < 1.29 is 4.74 Å². The highest BCUT2D eigenvalue weighted by Crippen LogP contribution is 2.31. The largest absolute Gasteiger partial charge is 0.385 e. The van der Waals surface area contributed by atoms with Gasteiger partial charge in [0.15, 0.2) is 5.96 Å². The molecule has 148 valence electrons. The van der Waals surface area contributed by atoms with E-state index in [1.165, 1.54) is 31.2 Å². The molecule has 0 amide bonds. The molecule has 0 aliphatic heterocycles. The Balaban J connectivity index is 0.00000338. The number of benzene rings is 1. The summed E-state index contributed by atoms with van der Waals surface area (Å²) in [6.07, 6.45) is 5.97. The SMILES string of the molecule is CN=C(NCCCOC)NCC1(NC(C)c2ccccc2)CCCC1.I. The minimum Gasteiger partial charge on any atom is -0.385 e. The lowest BCUT2D eigenvalue weighted by Crippen LogP contribution is -2.54. The van der Waals surface area contributed by atoms with Crippen LogP contribution in [0.5, 0.6) is 0 Å². The van der Waals surface area contributed by atoms with Crippen molar-refractivity contribution in [1.29, 1.82) is 0 Å². The topological polar surface area (TPSA) is 57.7 Å². The summed E-state index contributed by atoms with van der Waals surface area (Å²) >= 11 is 0. The van der Waals surface area contributed by atoms with Crippen LogP contribution in [0.15, 0.2) is 35.3 Å². The number of aliphatic imine (C=N–C) groups is 1. The number of halogens is 1. The van der Waals surface area contributed by atoms with E-state index in [0.29, 0.717) is 6.04 Å². The Labute approximate surface area is 175 Å². The van der Waals surface area contributed by atoms with E-state index in [1.807, 2.05) is 7.05 Å². The first kappa shape index (κ1) is 23.2. The molecule has 1 fully saturated rings. The van der Waals surface area contributed by atoms with Crippen LogP contribution in [-0.4, -0.2) is 45.4 Å². The van der Waals surface area contributed by atoms with Crippen molar-refractivity contribution >= 4 is 29.9 Å². The van der Waals surface area contributed by atoms with Crippen molar-refractivity contribution in [3.8, 4) is 0 Å². The van der Waals surface area contributed by atoms with Crippen LogP contribution in [0, 0.1) is 0 Å². The van der Waals surface area contributed by atoms with Crippen LogP contribution >= 0.6 is 24.0 Å². The van der Waals surface area contributed by atoms with E-state index < -0.39 is 0 Å². The van der Waals surface area contributed by atoms with Crippen LogP contribution < -0.4 is 16.0 Å². The fraction of sp³-hybridized carbons (Fsp3) is 0.650. The summed E-state index contributed by atoms with van der Waals surface area (Å²) < 4.78 is 5.09. The Morgan fingerprint density at radius 1 is 1.19 bits per heavy atom. The third-order valence-electron chi connectivity index (χ3n) is 5.02. The third-order valence-corrected chi connectivity index (χ3v) is 5.02. The summed E-state index contributed by atoms with van der Waals surface area (Å²) in [4.78, 5) is 4.34. The average Bonchev–Trinajstić information content (AvgIpc) is 3.10. The first-order chi connectivity index (χ1) is 12.2. The maximum absolute atomic E-state index is 5.09. The lowest BCUT2D eigenvalue weighted by atomic mass is 9.94. The summed E-state index contributed by atoms with van der Waals surface area (Å²) in [7, 11) is 3.56. The summed E-state index contributed by atoms with van der Waals surface area (Å²) in [5.41, 5.74) is 1.48. The van der Waals surface area contributed by atoms with Gasteiger partial charge in [-0.25, -0.2) is 0 Å².